The average Bonchev–Trinajstić information content (AvgIpc) is 2.16. The van der Waals surface area contributed by atoms with Crippen molar-refractivity contribution < 1.29 is 5.11 Å². The van der Waals surface area contributed by atoms with Crippen LogP contribution in [0.4, 0.5) is 11.8 Å². The minimum absolute atomic E-state index is 0.147. The lowest BCUT2D eigenvalue weighted by Gasteiger charge is -2.19. The number of nitrogens with one attached hydrogen (secondary N) is 1. The predicted molar refractivity (Wildman–Crippen MR) is 55.8 cm³/mol. The third-order valence-electron chi connectivity index (χ3n) is 2.19. The molecule has 78 valence electrons. The topological polar surface area (TPSA) is 84.1 Å². The summed E-state index contributed by atoms with van der Waals surface area (Å²) in [5.74, 6) is 1.11. The molecule has 1 heterocycles. The molecule has 0 aliphatic rings. The number of nitrogen functional groups attached to an aromatic ring is 1. The van der Waals surface area contributed by atoms with Crippen molar-refractivity contribution in [2.24, 2.45) is 5.92 Å². The van der Waals surface area contributed by atoms with E-state index in [-0.39, 0.29) is 24.5 Å². The van der Waals surface area contributed by atoms with Gasteiger partial charge in [-0.15, -0.1) is 0 Å². The van der Waals surface area contributed by atoms with E-state index in [9.17, 15) is 0 Å². The zero-order valence-corrected chi connectivity index (χ0v) is 8.44. The molecule has 4 N–H and O–H groups in total. The molecule has 2 unspecified atom stereocenters. The van der Waals surface area contributed by atoms with Gasteiger partial charge in [0.1, 0.15) is 5.82 Å². The van der Waals surface area contributed by atoms with E-state index in [4.69, 9.17) is 10.8 Å². The van der Waals surface area contributed by atoms with E-state index in [2.05, 4.69) is 15.3 Å². The molecule has 1 aromatic rings. The van der Waals surface area contributed by atoms with E-state index in [1.54, 1.807) is 12.3 Å². The van der Waals surface area contributed by atoms with Crippen LogP contribution in [0.2, 0.25) is 0 Å². The molecule has 5 heteroatoms. The maximum Gasteiger partial charge on any atom is 0.221 e. The summed E-state index contributed by atoms with van der Waals surface area (Å²) in [7, 11) is 0. The fourth-order valence-corrected chi connectivity index (χ4v) is 0.988. The van der Waals surface area contributed by atoms with Crippen LogP contribution in [-0.4, -0.2) is 27.7 Å². The van der Waals surface area contributed by atoms with Gasteiger partial charge in [0.2, 0.25) is 5.95 Å². The number of rotatable bonds is 4. The highest BCUT2D eigenvalue weighted by Gasteiger charge is 2.10. The van der Waals surface area contributed by atoms with Crippen molar-refractivity contribution >= 4 is 11.8 Å². The monoisotopic (exact) mass is 196 g/mol. The van der Waals surface area contributed by atoms with Gasteiger partial charge in [0.25, 0.3) is 0 Å². The summed E-state index contributed by atoms with van der Waals surface area (Å²) in [6.07, 6.45) is 1.60. The maximum atomic E-state index is 8.94. The van der Waals surface area contributed by atoms with Crippen LogP contribution in [0.15, 0.2) is 12.3 Å². The normalized spacial score (nSPS) is 14.8. The van der Waals surface area contributed by atoms with Crippen LogP contribution >= 0.6 is 0 Å². The fraction of sp³-hybridized carbons (Fsp3) is 0.556. The molecule has 0 aliphatic heterocycles. The average molecular weight is 196 g/mol. The molecule has 0 saturated carbocycles. The second-order valence-electron chi connectivity index (χ2n) is 3.39. The Hall–Kier alpha value is -1.36. The number of nitrogens with two attached hydrogens (primary N) is 1. The van der Waals surface area contributed by atoms with Gasteiger partial charge >= 0.3 is 0 Å². The van der Waals surface area contributed by atoms with Gasteiger partial charge in [0.15, 0.2) is 0 Å². The first kappa shape index (κ1) is 10.7. The van der Waals surface area contributed by atoms with Gasteiger partial charge in [-0.05, 0) is 18.9 Å². The summed E-state index contributed by atoms with van der Waals surface area (Å²) in [5, 5.41) is 12.1. The number of anilines is 2. The number of hydrogen-bond acceptors (Lipinski definition) is 5. The van der Waals surface area contributed by atoms with Gasteiger partial charge in [-0.1, -0.05) is 6.92 Å². The summed E-state index contributed by atoms with van der Waals surface area (Å²) >= 11 is 0. The van der Waals surface area contributed by atoms with Crippen LogP contribution in [0.25, 0.3) is 0 Å². The lowest BCUT2D eigenvalue weighted by atomic mass is 10.1. The lowest BCUT2D eigenvalue weighted by molar-refractivity contribution is 0.226. The van der Waals surface area contributed by atoms with E-state index >= 15 is 0 Å². The van der Waals surface area contributed by atoms with E-state index in [0.717, 1.165) is 0 Å². The minimum Gasteiger partial charge on any atom is -0.396 e. The molecule has 1 aromatic heterocycles. The van der Waals surface area contributed by atoms with Gasteiger partial charge in [-0.25, -0.2) is 4.98 Å². The third-order valence-corrected chi connectivity index (χ3v) is 2.19. The van der Waals surface area contributed by atoms with Gasteiger partial charge in [-0.3, -0.25) is 0 Å². The maximum absolute atomic E-state index is 8.94. The van der Waals surface area contributed by atoms with Crippen LogP contribution in [-0.2, 0) is 0 Å². The van der Waals surface area contributed by atoms with Crippen LogP contribution in [0, 0.1) is 5.92 Å². The second kappa shape index (κ2) is 4.76. The van der Waals surface area contributed by atoms with Crippen LogP contribution in [0.1, 0.15) is 13.8 Å². The summed E-state index contributed by atoms with van der Waals surface area (Å²) in [4.78, 5) is 7.79. The summed E-state index contributed by atoms with van der Waals surface area (Å²) in [6, 6.07) is 1.89. The highest BCUT2D eigenvalue weighted by molar-refractivity contribution is 5.38. The van der Waals surface area contributed by atoms with Crippen molar-refractivity contribution in [3.05, 3.63) is 12.3 Å². The quantitative estimate of drug-likeness (QED) is 0.652. The van der Waals surface area contributed by atoms with E-state index < -0.39 is 0 Å². The molecule has 1 rings (SSSR count). The molecule has 0 aliphatic carbocycles. The Morgan fingerprint density at radius 3 is 2.86 bits per heavy atom. The van der Waals surface area contributed by atoms with Gasteiger partial charge in [0, 0.05) is 18.8 Å². The highest BCUT2D eigenvalue weighted by Crippen LogP contribution is 2.09. The molecular formula is C9H16N4O. The first-order chi connectivity index (χ1) is 6.63. The number of aromatic nitrogens is 2. The number of hydrogen-bond donors (Lipinski definition) is 3. The molecule has 0 spiro atoms. The molecule has 0 radical (unpaired) electrons. The zero-order chi connectivity index (χ0) is 10.6. The molecule has 14 heavy (non-hydrogen) atoms. The van der Waals surface area contributed by atoms with Crippen molar-refractivity contribution in [1.82, 2.24) is 9.97 Å². The minimum atomic E-state index is 0.147. The van der Waals surface area contributed by atoms with Crippen molar-refractivity contribution in [1.29, 1.82) is 0 Å². The lowest BCUT2D eigenvalue weighted by Crippen LogP contribution is -2.26. The van der Waals surface area contributed by atoms with E-state index in [1.165, 1.54) is 0 Å². The summed E-state index contributed by atoms with van der Waals surface area (Å²) in [5.41, 5.74) is 5.43. The predicted octanol–water partition coefficient (Wildman–Crippen LogP) is 0.488. The van der Waals surface area contributed by atoms with Gasteiger partial charge in [-0.2, -0.15) is 4.98 Å². The Labute approximate surface area is 83.4 Å². The van der Waals surface area contributed by atoms with E-state index in [1.807, 2.05) is 13.8 Å². The molecule has 2 atom stereocenters. The van der Waals surface area contributed by atoms with Crippen LogP contribution in [0.5, 0.6) is 0 Å². The SMILES string of the molecule is CC(CO)C(C)Nc1ccnc(N)n1. The second-order valence-corrected chi connectivity index (χ2v) is 3.39. The fourth-order valence-electron chi connectivity index (χ4n) is 0.988. The Morgan fingerprint density at radius 1 is 1.57 bits per heavy atom. The Morgan fingerprint density at radius 2 is 2.29 bits per heavy atom. The first-order valence-electron chi connectivity index (χ1n) is 4.59. The Kier molecular flexibility index (Phi) is 3.64. The molecule has 0 amide bonds. The molecule has 0 fully saturated rings. The Bertz CT molecular complexity index is 292. The molecule has 0 saturated heterocycles. The van der Waals surface area contributed by atoms with Crippen molar-refractivity contribution in [2.45, 2.75) is 19.9 Å². The van der Waals surface area contributed by atoms with E-state index in [0.29, 0.717) is 5.82 Å². The number of aliphatic hydroxyl groups is 1. The van der Waals surface area contributed by atoms with Crippen molar-refractivity contribution in [2.75, 3.05) is 17.7 Å². The van der Waals surface area contributed by atoms with Crippen LogP contribution in [0.3, 0.4) is 0 Å². The first-order valence-corrected chi connectivity index (χ1v) is 4.59. The molecule has 0 aromatic carbocycles. The summed E-state index contributed by atoms with van der Waals surface area (Å²) in [6.45, 7) is 4.09. The standard InChI is InChI=1S/C9H16N4O/c1-6(5-14)7(2)12-8-3-4-11-9(10)13-8/h3-4,6-7,14H,5H2,1-2H3,(H3,10,11,12,13). The smallest absolute Gasteiger partial charge is 0.221 e. The van der Waals surface area contributed by atoms with Crippen molar-refractivity contribution in [3.8, 4) is 0 Å². The molecule has 0 bridgehead atoms. The Balaban J connectivity index is 2.60. The van der Waals surface area contributed by atoms with Gasteiger partial charge < -0.3 is 16.2 Å². The molecular weight excluding hydrogens is 180 g/mol. The summed E-state index contributed by atoms with van der Waals surface area (Å²) < 4.78 is 0. The number of nitrogens with zero attached hydrogens (tertiary/aromatic N) is 2. The third kappa shape index (κ3) is 2.85. The largest absolute Gasteiger partial charge is 0.396 e. The van der Waals surface area contributed by atoms with Crippen LogP contribution < -0.4 is 11.1 Å². The number of aliphatic hydroxyl groups excluding tert-OH is 1. The zero-order valence-electron chi connectivity index (χ0n) is 8.44. The molecule has 5 nitrogen and oxygen atoms in total. The van der Waals surface area contributed by atoms with Gasteiger partial charge in [0.05, 0.1) is 0 Å². The van der Waals surface area contributed by atoms with Crippen molar-refractivity contribution in [3.63, 3.8) is 0 Å². The highest BCUT2D eigenvalue weighted by atomic mass is 16.3.